The molecule has 34 heavy (non-hydrogen) atoms. The van der Waals surface area contributed by atoms with Crippen LogP contribution in [0.3, 0.4) is 0 Å². The van der Waals surface area contributed by atoms with Crippen LogP contribution >= 0.6 is 0 Å². The van der Waals surface area contributed by atoms with Crippen molar-refractivity contribution in [3.63, 3.8) is 0 Å². The average molecular weight is 468 g/mol. The summed E-state index contributed by atoms with van der Waals surface area (Å²) < 4.78 is 5.41. The molecule has 1 aliphatic rings. The van der Waals surface area contributed by atoms with Crippen molar-refractivity contribution in [3.8, 4) is 11.1 Å². The van der Waals surface area contributed by atoms with E-state index in [1.165, 1.54) is 0 Å². The number of rotatable bonds is 10. The zero-order valence-corrected chi connectivity index (χ0v) is 19.2. The number of hydrogen-bond donors (Lipinski definition) is 4. The van der Waals surface area contributed by atoms with Gasteiger partial charge in [-0.2, -0.15) is 0 Å². The van der Waals surface area contributed by atoms with Gasteiger partial charge in [0.1, 0.15) is 12.6 Å². The fourth-order valence-corrected chi connectivity index (χ4v) is 3.86. The fourth-order valence-electron chi connectivity index (χ4n) is 3.86. The number of benzene rings is 2. The summed E-state index contributed by atoms with van der Waals surface area (Å²) in [4.78, 5) is 47.6. The third kappa shape index (κ3) is 6.12. The van der Waals surface area contributed by atoms with Crippen LogP contribution in [0, 0.1) is 5.92 Å². The first-order valence-corrected chi connectivity index (χ1v) is 11.2. The minimum atomic E-state index is -1.31. The smallest absolute Gasteiger partial charge is 0.407 e. The number of fused-ring (bicyclic) bond motifs is 3. The van der Waals surface area contributed by atoms with E-state index < -0.39 is 30.4 Å². The minimum absolute atomic E-state index is 0.0442. The minimum Gasteiger partial charge on any atom is -0.481 e. The number of aliphatic carboxylic acids is 1. The van der Waals surface area contributed by atoms with Gasteiger partial charge in [-0.05, 0) is 22.3 Å². The quantitative estimate of drug-likeness (QED) is 0.396. The standard InChI is InChI=1S/C25H29N3O6/c1-15(2)23(31)26-11-12-27-24(32)21(13-22(29)30)28-25(33)34-14-20-18-9-5-3-7-16(18)17-8-4-6-10-19(17)20/h3-10,15,20-21H,11-14H2,1-2H3,(H,26,31)(H,27,32)(H,28,33)(H,29,30). The second kappa shape index (κ2) is 11.3. The Kier molecular flexibility index (Phi) is 8.24. The second-order valence-electron chi connectivity index (χ2n) is 8.36. The first-order valence-electron chi connectivity index (χ1n) is 11.2. The van der Waals surface area contributed by atoms with Crippen molar-refractivity contribution >= 4 is 23.9 Å². The Labute approximate surface area is 197 Å². The molecule has 0 fully saturated rings. The van der Waals surface area contributed by atoms with Crippen LogP contribution in [0.5, 0.6) is 0 Å². The highest BCUT2D eigenvalue weighted by Crippen LogP contribution is 2.44. The molecule has 180 valence electrons. The topological polar surface area (TPSA) is 134 Å². The van der Waals surface area contributed by atoms with E-state index in [0.717, 1.165) is 22.3 Å². The van der Waals surface area contributed by atoms with Gasteiger partial charge in [-0.1, -0.05) is 62.4 Å². The monoisotopic (exact) mass is 467 g/mol. The summed E-state index contributed by atoms with van der Waals surface area (Å²) in [5, 5.41) is 16.7. The van der Waals surface area contributed by atoms with Gasteiger partial charge in [-0.3, -0.25) is 14.4 Å². The number of alkyl carbamates (subject to hydrolysis) is 1. The van der Waals surface area contributed by atoms with E-state index in [1.807, 2.05) is 48.5 Å². The third-order valence-electron chi connectivity index (χ3n) is 5.58. The molecule has 9 nitrogen and oxygen atoms in total. The van der Waals surface area contributed by atoms with Crippen LogP contribution in [0.15, 0.2) is 48.5 Å². The normalized spacial score (nSPS) is 12.9. The molecule has 9 heteroatoms. The van der Waals surface area contributed by atoms with Crippen molar-refractivity contribution in [2.24, 2.45) is 5.92 Å². The van der Waals surface area contributed by atoms with Gasteiger partial charge in [-0.15, -0.1) is 0 Å². The Morgan fingerprint density at radius 2 is 1.41 bits per heavy atom. The summed E-state index contributed by atoms with van der Waals surface area (Å²) in [5.41, 5.74) is 4.25. The van der Waals surface area contributed by atoms with Gasteiger partial charge in [0.2, 0.25) is 11.8 Å². The summed E-state index contributed by atoms with van der Waals surface area (Å²) in [6.07, 6.45) is -1.48. The summed E-state index contributed by atoms with van der Waals surface area (Å²) in [5.74, 6) is -2.42. The van der Waals surface area contributed by atoms with Crippen molar-refractivity contribution in [1.82, 2.24) is 16.0 Å². The van der Waals surface area contributed by atoms with Crippen molar-refractivity contribution < 1.29 is 29.0 Å². The Morgan fingerprint density at radius 3 is 1.94 bits per heavy atom. The number of ether oxygens (including phenoxy) is 1. The number of nitrogens with one attached hydrogen (secondary N) is 3. The van der Waals surface area contributed by atoms with E-state index in [-0.39, 0.29) is 37.4 Å². The summed E-state index contributed by atoms with van der Waals surface area (Å²) in [6, 6.07) is 14.5. The molecule has 0 heterocycles. The van der Waals surface area contributed by atoms with Gasteiger partial charge in [0.05, 0.1) is 6.42 Å². The molecule has 1 aliphatic carbocycles. The summed E-state index contributed by atoms with van der Waals surface area (Å²) >= 11 is 0. The first kappa shape index (κ1) is 24.8. The van der Waals surface area contributed by atoms with Crippen molar-refractivity contribution in [3.05, 3.63) is 59.7 Å². The maximum Gasteiger partial charge on any atom is 0.407 e. The molecule has 4 N–H and O–H groups in total. The van der Waals surface area contributed by atoms with E-state index in [2.05, 4.69) is 16.0 Å². The molecule has 0 saturated heterocycles. The molecule has 3 rings (SSSR count). The lowest BCUT2D eigenvalue weighted by Gasteiger charge is -2.19. The van der Waals surface area contributed by atoms with E-state index in [0.29, 0.717) is 0 Å². The number of carbonyl (C=O) groups is 4. The maximum atomic E-state index is 12.5. The van der Waals surface area contributed by atoms with Crippen LogP contribution in [0.1, 0.15) is 37.3 Å². The van der Waals surface area contributed by atoms with Gasteiger partial charge in [-0.25, -0.2) is 4.79 Å². The van der Waals surface area contributed by atoms with Gasteiger partial charge >= 0.3 is 12.1 Å². The highest BCUT2D eigenvalue weighted by Gasteiger charge is 2.30. The van der Waals surface area contributed by atoms with Gasteiger partial charge in [0.25, 0.3) is 0 Å². The number of carboxylic acid groups (broad SMARTS) is 1. The molecule has 0 aliphatic heterocycles. The van der Waals surface area contributed by atoms with E-state index in [9.17, 15) is 19.2 Å². The number of amides is 3. The van der Waals surface area contributed by atoms with Crippen LogP contribution in [0.25, 0.3) is 11.1 Å². The molecule has 3 amide bonds. The van der Waals surface area contributed by atoms with Crippen LogP contribution in [-0.2, 0) is 19.1 Å². The van der Waals surface area contributed by atoms with Gasteiger partial charge in [0.15, 0.2) is 0 Å². The maximum absolute atomic E-state index is 12.5. The predicted molar refractivity (Wildman–Crippen MR) is 125 cm³/mol. The van der Waals surface area contributed by atoms with Crippen LogP contribution in [-0.4, -0.2) is 54.7 Å². The zero-order chi connectivity index (χ0) is 24.7. The molecular weight excluding hydrogens is 438 g/mol. The van der Waals surface area contributed by atoms with E-state index in [4.69, 9.17) is 9.84 Å². The lowest BCUT2D eigenvalue weighted by molar-refractivity contribution is -0.139. The second-order valence-corrected chi connectivity index (χ2v) is 8.36. The molecule has 0 bridgehead atoms. The highest BCUT2D eigenvalue weighted by atomic mass is 16.5. The molecule has 0 saturated carbocycles. The van der Waals surface area contributed by atoms with Crippen molar-refractivity contribution in [2.45, 2.75) is 32.2 Å². The van der Waals surface area contributed by atoms with Gasteiger partial charge in [0, 0.05) is 24.9 Å². The molecule has 0 aromatic heterocycles. The fraction of sp³-hybridized carbons (Fsp3) is 0.360. The highest BCUT2D eigenvalue weighted by molar-refractivity contribution is 5.89. The molecule has 1 unspecified atom stereocenters. The Bertz CT molecular complexity index is 1020. The largest absolute Gasteiger partial charge is 0.481 e. The molecule has 2 aromatic rings. The lowest BCUT2D eigenvalue weighted by atomic mass is 9.98. The van der Waals surface area contributed by atoms with Crippen LogP contribution in [0.2, 0.25) is 0 Å². The lowest BCUT2D eigenvalue weighted by Crippen LogP contribution is -2.49. The summed E-state index contributed by atoms with van der Waals surface area (Å²) in [7, 11) is 0. The molecule has 0 radical (unpaired) electrons. The SMILES string of the molecule is CC(C)C(=O)NCCNC(=O)C(CC(=O)O)NC(=O)OCC1c2ccccc2-c2ccccc21. The number of hydrogen-bond acceptors (Lipinski definition) is 5. The van der Waals surface area contributed by atoms with E-state index >= 15 is 0 Å². The number of carboxylic acids is 1. The molecule has 0 spiro atoms. The van der Waals surface area contributed by atoms with Crippen LogP contribution in [0.4, 0.5) is 4.79 Å². The first-order chi connectivity index (χ1) is 16.3. The summed E-state index contributed by atoms with van der Waals surface area (Å²) in [6.45, 7) is 3.82. The Morgan fingerprint density at radius 1 is 0.882 bits per heavy atom. The van der Waals surface area contributed by atoms with Crippen LogP contribution < -0.4 is 16.0 Å². The average Bonchev–Trinajstić information content (AvgIpc) is 3.13. The Balaban J connectivity index is 1.56. The molecular formula is C25H29N3O6. The Hall–Kier alpha value is -3.88. The third-order valence-corrected chi connectivity index (χ3v) is 5.58. The van der Waals surface area contributed by atoms with Crippen molar-refractivity contribution in [2.75, 3.05) is 19.7 Å². The van der Waals surface area contributed by atoms with E-state index in [1.54, 1.807) is 13.8 Å². The predicted octanol–water partition coefficient (Wildman–Crippen LogP) is 2.26. The zero-order valence-electron chi connectivity index (χ0n) is 19.2. The van der Waals surface area contributed by atoms with Crippen molar-refractivity contribution in [1.29, 1.82) is 0 Å². The van der Waals surface area contributed by atoms with Gasteiger partial charge < -0.3 is 25.8 Å². The number of carbonyl (C=O) groups excluding carboxylic acids is 3. The molecule has 2 aromatic carbocycles. The molecule has 1 atom stereocenters.